The van der Waals surface area contributed by atoms with Crippen LogP contribution in [0.4, 0.5) is 5.69 Å². The van der Waals surface area contributed by atoms with Gasteiger partial charge in [0.05, 0.1) is 17.8 Å². The van der Waals surface area contributed by atoms with E-state index in [4.69, 9.17) is 11.6 Å². The lowest BCUT2D eigenvalue weighted by Crippen LogP contribution is -2.32. The molecule has 0 radical (unpaired) electrons. The average Bonchev–Trinajstić information content (AvgIpc) is 2.61. The Kier molecular flexibility index (Phi) is 5.34. The van der Waals surface area contributed by atoms with E-state index in [2.05, 4.69) is 9.71 Å². The molecule has 0 spiro atoms. The summed E-state index contributed by atoms with van der Waals surface area (Å²) in [6.07, 6.45) is 1.32. The predicted octanol–water partition coefficient (Wildman–Crippen LogP) is 3.69. The van der Waals surface area contributed by atoms with Crippen LogP contribution in [-0.2, 0) is 21.5 Å². The van der Waals surface area contributed by atoms with Gasteiger partial charge in [0.25, 0.3) is 5.91 Å². The highest BCUT2D eigenvalue weighted by atomic mass is 35.5. The summed E-state index contributed by atoms with van der Waals surface area (Å²) in [6.45, 7) is 3.43. The number of aryl methyl sites for hydroxylation is 1. The fraction of sp³-hybridized carbons (Fsp3) is 0.158. The summed E-state index contributed by atoms with van der Waals surface area (Å²) in [7, 11) is -3.88. The van der Waals surface area contributed by atoms with E-state index in [1.54, 1.807) is 18.2 Å². The van der Waals surface area contributed by atoms with Crippen LogP contribution in [0, 0.1) is 6.92 Å². The van der Waals surface area contributed by atoms with Gasteiger partial charge in [0.1, 0.15) is 0 Å². The molecule has 1 aliphatic rings. The van der Waals surface area contributed by atoms with Crippen LogP contribution in [0.2, 0.25) is 5.02 Å². The molecule has 0 unspecified atom stereocenters. The van der Waals surface area contributed by atoms with Gasteiger partial charge < -0.3 is 5.32 Å². The second kappa shape index (κ2) is 7.54. The molecule has 1 N–H and O–H groups in total. The number of carbonyl (C=O) groups is 1. The molecule has 8 heteroatoms. The van der Waals surface area contributed by atoms with Crippen LogP contribution < -0.4 is 5.32 Å². The zero-order valence-electron chi connectivity index (χ0n) is 14.8. The van der Waals surface area contributed by atoms with Crippen molar-refractivity contribution in [3.05, 3.63) is 76.5 Å². The predicted molar refractivity (Wildman–Crippen MR) is 107 cm³/mol. The number of nitrogens with zero attached hydrogens (tertiary/aromatic N) is 2. The van der Waals surface area contributed by atoms with E-state index >= 15 is 0 Å². The van der Waals surface area contributed by atoms with Gasteiger partial charge in [-0.1, -0.05) is 48.0 Å². The van der Waals surface area contributed by atoms with Crippen LogP contribution in [0.1, 0.15) is 18.1 Å². The van der Waals surface area contributed by atoms with E-state index in [0.717, 1.165) is 15.4 Å². The standard InChI is InChI=1S/C19H18ClN3O3S/c1-13-8-9-16(20)10-18(13)21-19(24)17-12-23(27(25,26)22-14(17)2)11-15-6-4-3-5-7-15/h3-10,12H,11H2,1-2H3,(H,21,24). The number of anilines is 1. The Morgan fingerprint density at radius 2 is 1.85 bits per heavy atom. The lowest BCUT2D eigenvalue weighted by atomic mass is 10.1. The normalized spacial score (nSPS) is 15.7. The molecule has 0 aromatic heterocycles. The van der Waals surface area contributed by atoms with Crippen molar-refractivity contribution in [1.29, 1.82) is 0 Å². The Balaban J connectivity index is 1.89. The van der Waals surface area contributed by atoms with Gasteiger partial charge in [-0.3, -0.25) is 9.10 Å². The van der Waals surface area contributed by atoms with Gasteiger partial charge in [-0.05, 0) is 37.1 Å². The Labute approximate surface area is 163 Å². The summed E-state index contributed by atoms with van der Waals surface area (Å²) in [6, 6.07) is 14.3. The highest BCUT2D eigenvalue weighted by molar-refractivity contribution is 7.88. The Morgan fingerprint density at radius 1 is 1.15 bits per heavy atom. The quantitative estimate of drug-likeness (QED) is 0.845. The highest BCUT2D eigenvalue weighted by Gasteiger charge is 2.28. The maximum Gasteiger partial charge on any atom is 0.344 e. The molecule has 2 aromatic rings. The maximum absolute atomic E-state index is 12.7. The van der Waals surface area contributed by atoms with Crippen molar-refractivity contribution < 1.29 is 13.2 Å². The van der Waals surface area contributed by atoms with Gasteiger partial charge in [0.15, 0.2) is 0 Å². The molecular formula is C19H18ClN3O3S. The molecule has 0 saturated carbocycles. The summed E-state index contributed by atoms with van der Waals surface area (Å²) in [4.78, 5) is 12.7. The van der Waals surface area contributed by atoms with Gasteiger partial charge in [0, 0.05) is 16.9 Å². The number of nitrogens with one attached hydrogen (secondary N) is 1. The molecule has 0 saturated heterocycles. The van der Waals surface area contributed by atoms with E-state index in [-0.39, 0.29) is 17.8 Å². The first-order valence-corrected chi connectivity index (χ1v) is 9.96. The van der Waals surface area contributed by atoms with Crippen LogP contribution in [0.5, 0.6) is 0 Å². The number of halogens is 1. The fourth-order valence-corrected chi connectivity index (χ4v) is 3.88. The molecule has 1 aliphatic heterocycles. The van der Waals surface area contributed by atoms with Crippen LogP contribution >= 0.6 is 11.6 Å². The molecule has 140 valence electrons. The summed E-state index contributed by atoms with van der Waals surface area (Å²) >= 11 is 5.99. The molecule has 27 heavy (non-hydrogen) atoms. The first-order valence-electron chi connectivity index (χ1n) is 8.18. The van der Waals surface area contributed by atoms with Crippen molar-refractivity contribution in [2.75, 3.05) is 5.32 Å². The Morgan fingerprint density at radius 3 is 2.56 bits per heavy atom. The van der Waals surface area contributed by atoms with E-state index in [9.17, 15) is 13.2 Å². The lowest BCUT2D eigenvalue weighted by Gasteiger charge is -2.24. The van der Waals surface area contributed by atoms with E-state index in [1.165, 1.54) is 13.1 Å². The molecule has 0 atom stereocenters. The third kappa shape index (κ3) is 4.37. The molecule has 6 nitrogen and oxygen atoms in total. The minimum atomic E-state index is -3.88. The SMILES string of the molecule is CC1=NS(=O)(=O)N(Cc2ccccc2)C=C1C(=O)Nc1cc(Cl)ccc1C. The lowest BCUT2D eigenvalue weighted by molar-refractivity contribution is -0.112. The number of rotatable bonds is 4. The van der Waals surface area contributed by atoms with Crippen LogP contribution in [0.25, 0.3) is 0 Å². The van der Waals surface area contributed by atoms with Crippen LogP contribution in [0.3, 0.4) is 0 Å². The molecule has 0 fully saturated rings. The summed E-state index contributed by atoms with van der Waals surface area (Å²) in [5, 5.41) is 3.26. The van der Waals surface area contributed by atoms with Gasteiger partial charge in [0.2, 0.25) is 0 Å². The zero-order chi connectivity index (χ0) is 19.6. The van der Waals surface area contributed by atoms with Crippen LogP contribution in [-0.4, -0.2) is 24.3 Å². The molecular weight excluding hydrogens is 386 g/mol. The minimum Gasteiger partial charge on any atom is -0.322 e. The molecule has 1 amide bonds. The van der Waals surface area contributed by atoms with Crippen molar-refractivity contribution >= 4 is 39.1 Å². The topological polar surface area (TPSA) is 78.8 Å². The second-order valence-corrected chi connectivity index (χ2v) is 8.13. The van der Waals surface area contributed by atoms with E-state index in [0.29, 0.717) is 10.7 Å². The largest absolute Gasteiger partial charge is 0.344 e. The summed E-state index contributed by atoms with van der Waals surface area (Å²) in [5.74, 6) is -0.449. The number of hydrogen-bond acceptors (Lipinski definition) is 3. The van der Waals surface area contributed by atoms with Gasteiger partial charge in [-0.25, -0.2) is 0 Å². The molecule has 1 heterocycles. The number of amides is 1. The smallest absolute Gasteiger partial charge is 0.322 e. The van der Waals surface area contributed by atoms with Crippen molar-refractivity contribution in [3.8, 4) is 0 Å². The Bertz CT molecular complexity index is 1050. The van der Waals surface area contributed by atoms with Crippen molar-refractivity contribution in [2.24, 2.45) is 4.40 Å². The van der Waals surface area contributed by atoms with Crippen molar-refractivity contribution in [1.82, 2.24) is 4.31 Å². The number of benzene rings is 2. The third-order valence-electron chi connectivity index (χ3n) is 4.09. The number of hydrogen-bond donors (Lipinski definition) is 1. The molecule has 0 bridgehead atoms. The van der Waals surface area contributed by atoms with E-state index < -0.39 is 16.1 Å². The molecule has 3 rings (SSSR count). The second-order valence-electron chi connectivity index (χ2n) is 6.14. The Hall–Kier alpha value is -2.64. The first kappa shape index (κ1) is 19.1. The monoisotopic (exact) mass is 403 g/mol. The molecule has 0 aliphatic carbocycles. The zero-order valence-corrected chi connectivity index (χ0v) is 16.4. The average molecular weight is 404 g/mol. The fourth-order valence-electron chi connectivity index (χ4n) is 2.61. The van der Waals surface area contributed by atoms with E-state index in [1.807, 2.05) is 37.3 Å². The molecule has 2 aromatic carbocycles. The first-order chi connectivity index (χ1) is 12.8. The van der Waals surface area contributed by atoms with Gasteiger partial charge in [-0.15, -0.1) is 4.40 Å². The summed E-state index contributed by atoms with van der Waals surface area (Å²) in [5.41, 5.74) is 2.51. The van der Waals surface area contributed by atoms with Gasteiger partial charge >= 0.3 is 10.2 Å². The maximum atomic E-state index is 12.7. The van der Waals surface area contributed by atoms with Crippen LogP contribution in [0.15, 0.2) is 64.7 Å². The summed E-state index contributed by atoms with van der Waals surface area (Å²) < 4.78 is 29.5. The van der Waals surface area contributed by atoms with Crippen molar-refractivity contribution in [2.45, 2.75) is 20.4 Å². The minimum absolute atomic E-state index is 0.0902. The highest BCUT2D eigenvalue weighted by Crippen LogP contribution is 2.23. The van der Waals surface area contributed by atoms with Gasteiger partial charge in [-0.2, -0.15) is 8.42 Å². The van der Waals surface area contributed by atoms with Crippen molar-refractivity contribution in [3.63, 3.8) is 0 Å². The number of carbonyl (C=O) groups excluding carboxylic acids is 1. The third-order valence-corrected chi connectivity index (χ3v) is 5.65.